The summed E-state index contributed by atoms with van der Waals surface area (Å²) in [4.78, 5) is 20.6. The molecule has 2 heteroatoms. The SMILES string of the molecule is O=CCCC(=O)C1CC1. The maximum Gasteiger partial charge on any atom is 0.136 e. The smallest absolute Gasteiger partial charge is 0.136 e. The maximum atomic E-state index is 10.8. The van der Waals surface area contributed by atoms with Crippen LogP contribution in [0.1, 0.15) is 25.7 Å². The monoisotopic (exact) mass is 126 g/mol. The molecular weight excluding hydrogens is 116 g/mol. The Morgan fingerprint density at radius 1 is 1.56 bits per heavy atom. The maximum absolute atomic E-state index is 10.8. The van der Waals surface area contributed by atoms with E-state index in [1.54, 1.807) is 0 Å². The second-order valence-electron chi connectivity index (χ2n) is 2.45. The lowest BCUT2D eigenvalue weighted by molar-refractivity contribution is -0.121. The van der Waals surface area contributed by atoms with E-state index in [2.05, 4.69) is 0 Å². The fourth-order valence-corrected chi connectivity index (χ4v) is 0.811. The number of hydrogen-bond donors (Lipinski definition) is 0. The van der Waals surface area contributed by atoms with Crippen LogP contribution in [0.5, 0.6) is 0 Å². The van der Waals surface area contributed by atoms with Crippen LogP contribution in [0.3, 0.4) is 0 Å². The standard InChI is InChI=1S/C7H10O2/c8-5-1-2-7(9)6-3-4-6/h5-6H,1-4H2. The van der Waals surface area contributed by atoms with Crippen LogP contribution in [0.25, 0.3) is 0 Å². The molecule has 0 radical (unpaired) electrons. The number of rotatable bonds is 4. The van der Waals surface area contributed by atoms with Crippen LogP contribution in [0.2, 0.25) is 0 Å². The van der Waals surface area contributed by atoms with Gasteiger partial charge in [0.15, 0.2) is 0 Å². The zero-order valence-corrected chi connectivity index (χ0v) is 5.30. The summed E-state index contributed by atoms with van der Waals surface area (Å²) in [6.45, 7) is 0. The van der Waals surface area contributed by atoms with E-state index in [-0.39, 0.29) is 5.78 Å². The van der Waals surface area contributed by atoms with E-state index in [0.29, 0.717) is 18.8 Å². The molecule has 2 nitrogen and oxygen atoms in total. The van der Waals surface area contributed by atoms with Crippen molar-refractivity contribution in [1.82, 2.24) is 0 Å². The van der Waals surface area contributed by atoms with Gasteiger partial charge in [0.2, 0.25) is 0 Å². The highest BCUT2D eigenvalue weighted by atomic mass is 16.1. The molecule has 1 fully saturated rings. The van der Waals surface area contributed by atoms with Crippen LogP contribution in [0.15, 0.2) is 0 Å². The Bertz CT molecular complexity index is 125. The van der Waals surface area contributed by atoms with E-state index in [1.165, 1.54) is 0 Å². The lowest BCUT2D eigenvalue weighted by Gasteiger charge is -1.89. The summed E-state index contributed by atoms with van der Waals surface area (Å²) in [6, 6.07) is 0. The van der Waals surface area contributed by atoms with Gasteiger partial charge in [-0.25, -0.2) is 0 Å². The first-order valence-corrected chi connectivity index (χ1v) is 3.31. The molecule has 1 aliphatic carbocycles. The van der Waals surface area contributed by atoms with Gasteiger partial charge in [-0.2, -0.15) is 0 Å². The quantitative estimate of drug-likeness (QED) is 0.525. The number of Topliss-reactive ketones (excluding diaryl/α,β-unsaturated/α-hetero) is 1. The summed E-state index contributed by atoms with van der Waals surface area (Å²) in [5, 5.41) is 0. The molecule has 0 bridgehead atoms. The van der Waals surface area contributed by atoms with Gasteiger partial charge < -0.3 is 4.79 Å². The molecule has 0 spiro atoms. The molecule has 50 valence electrons. The van der Waals surface area contributed by atoms with Crippen LogP contribution in [-0.4, -0.2) is 12.1 Å². The Hall–Kier alpha value is -0.660. The van der Waals surface area contributed by atoms with Crippen molar-refractivity contribution in [3.05, 3.63) is 0 Å². The second-order valence-corrected chi connectivity index (χ2v) is 2.45. The van der Waals surface area contributed by atoms with Gasteiger partial charge in [0, 0.05) is 18.8 Å². The summed E-state index contributed by atoms with van der Waals surface area (Å²) in [6.07, 6.45) is 3.79. The zero-order valence-electron chi connectivity index (χ0n) is 5.30. The van der Waals surface area contributed by atoms with Gasteiger partial charge in [-0.1, -0.05) is 0 Å². The van der Waals surface area contributed by atoms with Crippen molar-refractivity contribution < 1.29 is 9.59 Å². The molecule has 0 aliphatic heterocycles. The highest BCUT2D eigenvalue weighted by Crippen LogP contribution is 2.30. The minimum Gasteiger partial charge on any atom is -0.303 e. The third-order valence-electron chi connectivity index (χ3n) is 1.54. The minimum absolute atomic E-state index is 0.280. The lowest BCUT2D eigenvalue weighted by Crippen LogP contribution is -1.99. The highest BCUT2D eigenvalue weighted by Gasteiger charge is 2.28. The normalized spacial score (nSPS) is 17.3. The predicted molar refractivity (Wildman–Crippen MR) is 33.0 cm³/mol. The van der Waals surface area contributed by atoms with Crippen LogP contribution < -0.4 is 0 Å². The molecule has 0 N–H and O–H groups in total. The largest absolute Gasteiger partial charge is 0.303 e. The van der Waals surface area contributed by atoms with Gasteiger partial charge in [0.25, 0.3) is 0 Å². The van der Waals surface area contributed by atoms with Crippen molar-refractivity contribution in [1.29, 1.82) is 0 Å². The van der Waals surface area contributed by atoms with Crippen LogP contribution in [0.4, 0.5) is 0 Å². The topological polar surface area (TPSA) is 34.1 Å². The molecule has 0 heterocycles. The summed E-state index contributed by atoms with van der Waals surface area (Å²) < 4.78 is 0. The fraction of sp³-hybridized carbons (Fsp3) is 0.714. The first-order chi connectivity index (χ1) is 4.34. The average molecular weight is 126 g/mol. The first-order valence-electron chi connectivity index (χ1n) is 3.31. The summed E-state index contributed by atoms with van der Waals surface area (Å²) in [5.41, 5.74) is 0. The number of hydrogen-bond acceptors (Lipinski definition) is 2. The zero-order chi connectivity index (χ0) is 6.69. The second kappa shape index (κ2) is 2.76. The van der Waals surface area contributed by atoms with E-state index in [0.717, 1.165) is 19.1 Å². The van der Waals surface area contributed by atoms with E-state index in [9.17, 15) is 9.59 Å². The molecule has 0 saturated heterocycles. The van der Waals surface area contributed by atoms with Crippen LogP contribution in [-0.2, 0) is 9.59 Å². The van der Waals surface area contributed by atoms with E-state index in [1.807, 2.05) is 0 Å². The molecule has 1 saturated carbocycles. The summed E-state index contributed by atoms with van der Waals surface area (Å²) in [7, 11) is 0. The third-order valence-corrected chi connectivity index (χ3v) is 1.54. The Morgan fingerprint density at radius 3 is 2.67 bits per heavy atom. The van der Waals surface area contributed by atoms with Gasteiger partial charge in [-0.15, -0.1) is 0 Å². The van der Waals surface area contributed by atoms with Crippen molar-refractivity contribution in [3.8, 4) is 0 Å². The Labute approximate surface area is 54.2 Å². The van der Waals surface area contributed by atoms with Crippen LogP contribution >= 0.6 is 0 Å². The third kappa shape index (κ3) is 1.96. The molecule has 0 amide bonds. The van der Waals surface area contributed by atoms with Crippen molar-refractivity contribution >= 4 is 12.1 Å². The van der Waals surface area contributed by atoms with Gasteiger partial charge in [-0.05, 0) is 12.8 Å². The number of carbonyl (C=O) groups excluding carboxylic acids is 2. The molecule has 0 aromatic heterocycles. The number of carbonyl (C=O) groups is 2. The van der Waals surface area contributed by atoms with E-state index >= 15 is 0 Å². The molecule has 0 aromatic rings. The number of aldehydes is 1. The fourth-order valence-electron chi connectivity index (χ4n) is 0.811. The van der Waals surface area contributed by atoms with Crippen molar-refractivity contribution in [2.24, 2.45) is 5.92 Å². The predicted octanol–water partition coefficient (Wildman–Crippen LogP) is 0.945. The number of ketones is 1. The van der Waals surface area contributed by atoms with E-state index < -0.39 is 0 Å². The van der Waals surface area contributed by atoms with Gasteiger partial charge in [0.1, 0.15) is 12.1 Å². The lowest BCUT2D eigenvalue weighted by atomic mass is 10.2. The van der Waals surface area contributed by atoms with Crippen LogP contribution in [0, 0.1) is 5.92 Å². The molecule has 0 aromatic carbocycles. The van der Waals surface area contributed by atoms with Gasteiger partial charge in [-0.3, -0.25) is 4.79 Å². The van der Waals surface area contributed by atoms with Gasteiger partial charge in [0.05, 0.1) is 0 Å². The van der Waals surface area contributed by atoms with Crippen molar-refractivity contribution in [2.75, 3.05) is 0 Å². The summed E-state index contributed by atoms with van der Waals surface area (Å²) in [5.74, 6) is 0.604. The highest BCUT2D eigenvalue weighted by molar-refractivity contribution is 5.84. The Balaban J connectivity index is 2.10. The molecular formula is C7H10O2. The summed E-state index contributed by atoms with van der Waals surface area (Å²) >= 11 is 0. The first kappa shape index (κ1) is 6.46. The minimum atomic E-state index is 0.280. The molecule has 1 rings (SSSR count). The van der Waals surface area contributed by atoms with Crippen molar-refractivity contribution in [3.63, 3.8) is 0 Å². The molecule has 0 unspecified atom stereocenters. The molecule has 0 atom stereocenters. The molecule has 9 heavy (non-hydrogen) atoms. The molecule has 1 aliphatic rings. The van der Waals surface area contributed by atoms with Crippen molar-refractivity contribution in [2.45, 2.75) is 25.7 Å². The Morgan fingerprint density at radius 2 is 2.22 bits per heavy atom. The average Bonchev–Trinajstić information content (AvgIpc) is 2.63. The van der Waals surface area contributed by atoms with E-state index in [4.69, 9.17) is 0 Å². The Kier molecular flexibility index (Phi) is 1.98. The van der Waals surface area contributed by atoms with Gasteiger partial charge >= 0.3 is 0 Å².